The molecule has 146 valence electrons. The average Bonchev–Trinajstić information content (AvgIpc) is 3.06. The molecule has 3 N–H and O–H groups in total. The maximum absolute atomic E-state index is 12.2. The van der Waals surface area contributed by atoms with E-state index < -0.39 is 0 Å². The molecule has 1 aromatic heterocycles. The highest BCUT2D eigenvalue weighted by molar-refractivity contribution is 7.80. The molecule has 2 aromatic rings. The normalized spacial score (nSPS) is 10.2. The Morgan fingerprint density at radius 1 is 1.15 bits per heavy atom. The topological polar surface area (TPSA) is 71.6 Å². The molecule has 8 heteroatoms. The predicted molar refractivity (Wildman–Crippen MR) is 113 cm³/mol. The molecule has 0 aliphatic carbocycles. The van der Waals surface area contributed by atoms with Gasteiger partial charge in [0, 0.05) is 11.4 Å². The van der Waals surface area contributed by atoms with Gasteiger partial charge in [0.25, 0.3) is 5.91 Å². The van der Waals surface area contributed by atoms with Crippen LogP contribution in [0.2, 0.25) is 0 Å². The summed E-state index contributed by atoms with van der Waals surface area (Å²) in [5, 5.41) is 3.44. The summed E-state index contributed by atoms with van der Waals surface area (Å²) < 4.78 is 10.5. The number of nitrogens with one attached hydrogen (secondary N) is 3. The minimum absolute atomic E-state index is 0.188. The standard InChI is InChI=1S/C19H25N3O3S2/c1-5-16-12(2)10-17(27-16)18(23)21-22-19(26)20-9-8-13-6-7-14(24-3)15(11-13)25-4/h6-7,10-11H,5,8-9H2,1-4H3,(H,21,23)(H2,20,22,26). The summed E-state index contributed by atoms with van der Waals surface area (Å²) in [6.07, 6.45) is 1.67. The number of benzene rings is 1. The van der Waals surface area contributed by atoms with Crippen LogP contribution >= 0.6 is 23.6 Å². The molecule has 0 fully saturated rings. The number of carbonyl (C=O) groups excluding carboxylic acids is 1. The Bertz CT molecular complexity index is 805. The number of hydrogen-bond donors (Lipinski definition) is 3. The smallest absolute Gasteiger partial charge is 0.279 e. The number of carbonyl (C=O) groups is 1. The maximum Gasteiger partial charge on any atom is 0.279 e. The Morgan fingerprint density at radius 2 is 1.89 bits per heavy atom. The van der Waals surface area contributed by atoms with Crippen LogP contribution in [0.3, 0.4) is 0 Å². The van der Waals surface area contributed by atoms with E-state index in [0.717, 1.165) is 24.0 Å². The van der Waals surface area contributed by atoms with E-state index in [1.165, 1.54) is 16.2 Å². The second-order valence-electron chi connectivity index (χ2n) is 5.84. The Hall–Kier alpha value is -2.32. The number of hydrogen-bond acceptors (Lipinski definition) is 5. The molecule has 0 radical (unpaired) electrons. The minimum atomic E-state index is -0.188. The summed E-state index contributed by atoms with van der Waals surface area (Å²) in [5.41, 5.74) is 7.60. The summed E-state index contributed by atoms with van der Waals surface area (Å²) in [6, 6.07) is 7.68. The Labute approximate surface area is 169 Å². The van der Waals surface area contributed by atoms with Crippen molar-refractivity contribution in [2.45, 2.75) is 26.7 Å². The van der Waals surface area contributed by atoms with Crippen molar-refractivity contribution in [3.8, 4) is 11.5 Å². The quantitative estimate of drug-likeness (QED) is 0.484. The fraction of sp³-hybridized carbons (Fsp3) is 0.368. The van der Waals surface area contributed by atoms with Gasteiger partial charge in [-0.25, -0.2) is 0 Å². The number of rotatable bonds is 7. The van der Waals surface area contributed by atoms with Crippen LogP contribution in [-0.4, -0.2) is 31.8 Å². The van der Waals surface area contributed by atoms with Gasteiger partial charge >= 0.3 is 0 Å². The SMILES string of the molecule is CCc1sc(C(=O)NNC(=S)NCCc2ccc(OC)c(OC)c2)cc1C. The zero-order valence-electron chi connectivity index (χ0n) is 16.0. The van der Waals surface area contributed by atoms with Gasteiger partial charge in [-0.2, -0.15) is 0 Å². The van der Waals surface area contributed by atoms with E-state index >= 15 is 0 Å². The molecule has 1 aromatic carbocycles. The lowest BCUT2D eigenvalue weighted by molar-refractivity contribution is 0.0947. The van der Waals surface area contributed by atoms with E-state index in [1.54, 1.807) is 14.2 Å². The number of thiophene rings is 1. The zero-order valence-corrected chi connectivity index (χ0v) is 17.6. The fourth-order valence-electron chi connectivity index (χ4n) is 2.56. The third-order valence-electron chi connectivity index (χ3n) is 4.00. The monoisotopic (exact) mass is 407 g/mol. The van der Waals surface area contributed by atoms with E-state index in [-0.39, 0.29) is 5.91 Å². The van der Waals surface area contributed by atoms with E-state index in [0.29, 0.717) is 28.0 Å². The second kappa shape index (κ2) is 10.1. The van der Waals surface area contributed by atoms with E-state index in [1.807, 2.05) is 31.2 Å². The molecule has 0 aliphatic heterocycles. The van der Waals surface area contributed by atoms with Gasteiger partial charge in [-0.05, 0) is 61.3 Å². The Kier molecular flexibility index (Phi) is 7.87. The highest BCUT2D eigenvalue weighted by Crippen LogP contribution is 2.27. The molecule has 0 unspecified atom stereocenters. The van der Waals surface area contributed by atoms with Gasteiger partial charge in [-0.1, -0.05) is 13.0 Å². The van der Waals surface area contributed by atoms with Crippen LogP contribution in [0.15, 0.2) is 24.3 Å². The summed E-state index contributed by atoms with van der Waals surface area (Å²) in [7, 11) is 3.22. The van der Waals surface area contributed by atoms with Gasteiger partial charge < -0.3 is 14.8 Å². The van der Waals surface area contributed by atoms with Gasteiger partial charge in [0.15, 0.2) is 16.6 Å². The molecule has 2 rings (SSSR count). The lowest BCUT2D eigenvalue weighted by Crippen LogP contribution is -2.47. The molecule has 0 spiro atoms. The number of amides is 1. The van der Waals surface area contributed by atoms with Crippen molar-refractivity contribution in [2.24, 2.45) is 0 Å². The maximum atomic E-state index is 12.2. The van der Waals surface area contributed by atoms with Crippen LogP contribution in [-0.2, 0) is 12.8 Å². The molecule has 0 bridgehead atoms. The van der Waals surface area contributed by atoms with Crippen molar-refractivity contribution in [3.63, 3.8) is 0 Å². The van der Waals surface area contributed by atoms with E-state index in [2.05, 4.69) is 23.1 Å². The van der Waals surface area contributed by atoms with Crippen molar-refractivity contribution in [1.29, 1.82) is 0 Å². The summed E-state index contributed by atoms with van der Waals surface area (Å²) >= 11 is 6.70. The molecule has 1 amide bonds. The first-order chi connectivity index (χ1) is 13.0. The van der Waals surface area contributed by atoms with Gasteiger partial charge in [-0.3, -0.25) is 15.6 Å². The first-order valence-corrected chi connectivity index (χ1v) is 9.85. The highest BCUT2D eigenvalue weighted by atomic mass is 32.1. The third kappa shape index (κ3) is 5.83. The molecule has 27 heavy (non-hydrogen) atoms. The molecule has 1 heterocycles. The van der Waals surface area contributed by atoms with Crippen LogP contribution in [0.25, 0.3) is 0 Å². The Morgan fingerprint density at radius 3 is 2.52 bits per heavy atom. The lowest BCUT2D eigenvalue weighted by atomic mass is 10.1. The van der Waals surface area contributed by atoms with E-state index in [9.17, 15) is 4.79 Å². The van der Waals surface area contributed by atoms with Crippen molar-refractivity contribution in [3.05, 3.63) is 45.1 Å². The van der Waals surface area contributed by atoms with Crippen LogP contribution in [0.5, 0.6) is 11.5 Å². The summed E-state index contributed by atoms with van der Waals surface area (Å²) in [4.78, 5) is 14.1. The molecule has 0 saturated heterocycles. The minimum Gasteiger partial charge on any atom is -0.493 e. The molecular weight excluding hydrogens is 382 g/mol. The van der Waals surface area contributed by atoms with Gasteiger partial charge in [0.05, 0.1) is 19.1 Å². The van der Waals surface area contributed by atoms with Gasteiger partial charge in [0.1, 0.15) is 0 Å². The van der Waals surface area contributed by atoms with E-state index in [4.69, 9.17) is 21.7 Å². The van der Waals surface area contributed by atoms with Crippen LogP contribution in [0.1, 0.15) is 32.6 Å². The molecule has 0 atom stereocenters. The fourth-order valence-corrected chi connectivity index (χ4v) is 3.72. The summed E-state index contributed by atoms with van der Waals surface area (Å²) in [5.74, 6) is 1.21. The Balaban J connectivity index is 1.77. The van der Waals surface area contributed by atoms with Crippen molar-refractivity contribution in [2.75, 3.05) is 20.8 Å². The highest BCUT2D eigenvalue weighted by Gasteiger charge is 2.11. The van der Waals surface area contributed by atoms with Crippen LogP contribution in [0, 0.1) is 6.92 Å². The van der Waals surface area contributed by atoms with Crippen LogP contribution < -0.4 is 25.6 Å². The predicted octanol–water partition coefficient (Wildman–Crippen LogP) is 2.99. The largest absolute Gasteiger partial charge is 0.493 e. The zero-order chi connectivity index (χ0) is 19.8. The first-order valence-electron chi connectivity index (χ1n) is 8.62. The lowest BCUT2D eigenvalue weighted by Gasteiger charge is -2.12. The first kappa shape index (κ1) is 21.0. The van der Waals surface area contributed by atoms with Crippen LogP contribution in [0.4, 0.5) is 0 Å². The number of methoxy groups -OCH3 is 2. The second-order valence-corrected chi connectivity index (χ2v) is 7.39. The number of thiocarbonyl (C=S) groups is 1. The number of hydrazine groups is 1. The molecule has 0 saturated carbocycles. The molecular formula is C19H25N3O3S2. The van der Waals surface area contributed by atoms with Gasteiger partial charge in [-0.15, -0.1) is 11.3 Å². The summed E-state index contributed by atoms with van der Waals surface area (Å²) in [6.45, 7) is 4.71. The molecule has 6 nitrogen and oxygen atoms in total. The number of ether oxygens (including phenoxy) is 2. The van der Waals surface area contributed by atoms with Crippen molar-refractivity contribution >= 4 is 34.6 Å². The molecule has 0 aliphatic rings. The van der Waals surface area contributed by atoms with Crippen molar-refractivity contribution in [1.82, 2.24) is 16.2 Å². The van der Waals surface area contributed by atoms with Gasteiger partial charge in [0.2, 0.25) is 0 Å². The average molecular weight is 408 g/mol. The number of aryl methyl sites for hydroxylation is 2. The van der Waals surface area contributed by atoms with Crippen molar-refractivity contribution < 1.29 is 14.3 Å². The third-order valence-corrected chi connectivity index (χ3v) is 5.63.